The first kappa shape index (κ1) is 18.3. The fourth-order valence-electron chi connectivity index (χ4n) is 3.36. The number of rotatable bonds is 6. The third-order valence-electron chi connectivity index (χ3n) is 4.92. The first-order chi connectivity index (χ1) is 12.7. The number of carbonyl (C=O) groups excluding carboxylic acids is 1. The standard InChI is InChI=1S/C22H28N2O2/c1-26-21-13-6-18(7-14-21)8-15-22(25)23-19-9-11-20(12-10-19)24-16-4-2-3-5-17-24/h6-7,9-14H,2-5,8,15-17H2,1H3,(H,23,25). The lowest BCUT2D eigenvalue weighted by molar-refractivity contribution is -0.116. The van der Waals surface area contributed by atoms with E-state index in [1.54, 1.807) is 7.11 Å². The molecule has 1 N–H and O–H groups in total. The smallest absolute Gasteiger partial charge is 0.224 e. The van der Waals surface area contributed by atoms with E-state index in [2.05, 4.69) is 22.3 Å². The second-order valence-corrected chi connectivity index (χ2v) is 6.84. The van der Waals surface area contributed by atoms with Gasteiger partial charge < -0.3 is 15.0 Å². The molecular weight excluding hydrogens is 324 g/mol. The largest absolute Gasteiger partial charge is 0.497 e. The van der Waals surface area contributed by atoms with Crippen LogP contribution in [0.3, 0.4) is 0 Å². The number of nitrogens with one attached hydrogen (secondary N) is 1. The summed E-state index contributed by atoms with van der Waals surface area (Å²) in [7, 11) is 1.65. The first-order valence-electron chi connectivity index (χ1n) is 9.52. The van der Waals surface area contributed by atoms with E-state index in [1.165, 1.54) is 31.4 Å². The average Bonchev–Trinajstić information content (AvgIpc) is 2.97. The highest BCUT2D eigenvalue weighted by Crippen LogP contribution is 2.22. The molecule has 4 heteroatoms. The van der Waals surface area contributed by atoms with Gasteiger partial charge in [-0.3, -0.25) is 4.79 Å². The van der Waals surface area contributed by atoms with Gasteiger partial charge in [-0.1, -0.05) is 25.0 Å². The molecule has 0 radical (unpaired) electrons. The van der Waals surface area contributed by atoms with Crippen LogP contribution < -0.4 is 15.0 Å². The van der Waals surface area contributed by atoms with Crippen LogP contribution in [-0.4, -0.2) is 26.1 Å². The van der Waals surface area contributed by atoms with Gasteiger partial charge in [0.1, 0.15) is 5.75 Å². The number of benzene rings is 2. The van der Waals surface area contributed by atoms with Gasteiger partial charge in [-0.25, -0.2) is 0 Å². The Kier molecular flexibility index (Phi) is 6.53. The highest BCUT2D eigenvalue weighted by Gasteiger charge is 2.10. The van der Waals surface area contributed by atoms with Gasteiger partial charge in [-0.2, -0.15) is 0 Å². The fraction of sp³-hybridized carbons (Fsp3) is 0.409. The Morgan fingerprint density at radius 3 is 2.23 bits per heavy atom. The monoisotopic (exact) mass is 352 g/mol. The summed E-state index contributed by atoms with van der Waals surface area (Å²) in [6.45, 7) is 2.27. The van der Waals surface area contributed by atoms with Gasteiger partial charge in [0.15, 0.2) is 0 Å². The van der Waals surface area contributed by atoms with Crippen molar-refractivity contribution in [3.05, 3.63) is 54.1 Å². The normalized spacial score (nSPS) is 14.6. The molecule has 0 aliphatic carbocycles. The average molecular weight is 352 g/mol. The van der Waals surface area contributed by atoms with Crippen molar-refractivity contribution in [1.29, 1.82) is 0 Å². The van der Waals surface area contributed by atoms with E-state index in [0.29, 0.717) is 6.42 Å². The molecule has 0 bridgehead atoms. The molecule has 0 atom stereocenters. The zero-order valence-corrected chi connectivity index (χ0v) is 15.5. The lowest BCUT2D eigenvalue weighted by Gasteiger charge is -2.22. The maximum Gasteiger partial charge on any atom is 0.224 e. The van der Waals surface area contributed by atoms with Crippen molar-refractivity contribution in [3.63, 3.8) is 0 Å². The van der Waals surface area contributed by atoms with Crippen LogP contribution >= 0.6 is 0 Å². The van der Waals surface area contributed by atoms with Gasteiger partial charge in [-0.05, 0) is 61.2 Å². The van der Waals surface area contributed by atoms with Crippen molar-refractivity contribution >= 4 is 17.3 Å². The number of ether oxygens (including phenoxy) is 1. The topological polar surface area (TPSA) is 41.6 Å². The van der Waals surface area contributed by atoms with Crippen LogP contribution in [0.15, 0.2) is 48.5 Å². The number of nitrogens with zero attached hydrogens (tertiary/aromatic N) is 1. The van der Waals surface area contributed by atoms with Crippen LogP contribution in [0.4, 0.5) is 11.4 Å². The second kappa shape index (κ2) is 9.27. The van der Waals surface area contributed by atoms with Crippen molar-refractivity contribution in [3.8, 4) is 5.75 Å². The van der Waals surface area contributed by atoms with Crippen LogP contribution in [-0.2, 0) is 11.2 Å². The summed E-state index contributed by atoms with van der Waals surface area (Å²) in [5.74, 6) is 0.881. The molecule has 1 fully saturated rings. The molecule has 26 heavy (non-hydrogen) atoms. The van der Waals surface area contributed by atoms with E-state index in [1.807, 2.05) is 36.4 Å². The van der Waals surface area contributed by atoms with Gasteiger partial charge in [0.25, 0.3) is 0 Å². The number of methoxy groups -OCH3 is 1. The molecule has 0 aromatic heterocycles. The summed E-state index contributed by atoms with van der Waals surface area (Å²) in [4.78, 5) is 14.6. The molecule has 2 aromatic carbocycles. The lowest BCUT2D eigenvalue weighted by Crippen LogP contribution is -2.23. The molecule has 0 saturated carbocycles. The highest BCUT2D eigenvalue weighted by atomic mass is 16.5. The van der Waals surface area contributed by atoms with E-state index < -0.39 is 0 Å². The summed E-state index contributed by atoms with van der Waals surface area (Å²) in [6, 6.07) is 16.1. The summed E-state index contributed by atoms with van der Waals surface area (Å²) < 4.78 is 5.15. The minimum absolute atomic E-state index is 0.0448. The number of amides is 1. The molecule has 1 aliphatic heterocycles. The van der Waals surface area contributed by atoms with Crippen LogP contribution in [0.2, 0.25) is 0 Å². The van der Waals surface area contributed by atoms with Gasteiger partial charge in [-0.15, -0.1) is 0 Å². The number of hydrogen-bond donors (Lipinski definition) is 1. The van der Waals surface area contributed by atoms with Crippen molar-refractivity contribution in [1.82, 2.24) is 0 Å². The van der Waals surface area contributed by atoms with Crippen molar-refractivity contribution in [2.24, 2.45) is 0 Å². The minimum Gasteiger partial charge on any atom is -0.497 e. The quantitative estimate of drug-likeness (QED) is 0.823. The molecule has 0 unspecified atom stereocenters. The molecule has 3 rings (SSSR count). The van der Waals surface area contributed by atoms with Crippen molar-refractivity contribution in [2.45, 2.75) is 38.5 Å². The Balaban J connectivity index is 1.49. The van der Waals surface area contributed by atoms with Crippen molar-refractivity contribution < 1.29 is 9.53 Å². The Labute approximate surface area is 156 Å². The summed E-state index contributed by atoms with van der Waals surface area (Å²) >= 11 is 0. The Morgan fingerprint density at radius 1 is 0.962 bits per heavy atom. The molecule has 2 aromatic rings. The Morgan fingerprint density at radius 2 is 1.62 bits per heavy atom. The second-order valence-electron chi connectivity index (χ2n) is 6.84. The SMILES string of the molecule is COc1ccc(CCC(=O)Nc2ccc(N3CCCCCC3)cc2)cc1. The molecule has 1 aliphatic rings. The van der Waals surface area contributed by atoms with Crippen LogP contribution in [0, 0.1) is 0 Å². The van der Waals surface area contributed by atoms with E-state index in [0.717, 1.165) is 36.5 Å². The predicted molar refractivity (Wildman–Crippen MR) is 107 cm³/mol. The molecule has 1 saturated heterocycles. The van der Waals surface area contributed by atoms with Crippen LogP contribution in [0.25, 0.3) is 0 Å². The fourth-order valence-corrected chi connectivity index (χ4v) is 3.36. The third-order valence-corrected chi connectivity index (χ3v) is 4.92. The number of carbonyl (C=O) groups is 1. The molecule has 0 spiro atoms. The molecule has 138 valence electrons. The first-order valence-corrected chi connectivity index (χ1v) is 9.52. The van der Waals surface area contributed by atoms with E-state index >= 15 is 0 Å². The van der Waals surface area contributed by atoms with Crippen LogP contribution in [0.1, 0.15) is 37.7 Å². The van der Waals surface area contributed by atoms with Gasteiger partial charge in [0, 0.05) is 30.9 Å². The maximum atomic E-state index is 12.2. The third kappa shape index (κ3) is 5.25. The number of aryl methyl sites for hydroxylation is 1. The van der Waals surface area contributed by atoms with Gasteiger partial charge in [0.05, 0.1) is 7.11 Å². The summed E-state index contributed by atoms with van der Waals surface area (Å²) in [6.07, 6.45) is 6.40. The Hall–Kier alpha value is -2.49. The molecular formula is C22H28N2O2. The Bertz CT molecular complexity index is 687. The highest BCUT2D eigenvalue weighted by molar-refractivity contribution is 5.91. The summed E-state index contributed by atoms with van der Waals surface area (Å²) in [5, 5.41) is 3.00. The van der Waals surface area contributed by atoms with E-state index in [-0.39, 0.29) is 5.91 Å². The summed E-state index contributed by atoms with van der Waals surface area (Å²) in [5.41, 5.74) is 3.25. The van der Waals surface area contributed by atoms with Crippen molar-refractivity contribution in [2.75, 3.05) is 30.4 Å². The minimum atomic E-state index is 0.0448. The van der Waals surface area contributed by atoms with Crippen LogP contribution in [0.5, 0.6) is 5.75 Å². The zero-order valence-electron chi connectivity index (χ0n) is 15.5. The zero-order chi connectivity index (χ0) is 18.2. The number of anilines is 2. The molecule has 1 amide bonds. The van der Waals surface area contributed by atoms with E-state index in [9.17, 15) is 4.79 Å². The van der Waals surface area contributed by atoms with Gasteiger partial charge in [0.2, 0.25) is 5.91 Å². The molecule has 1 heterocycles. The lowest BCUT2D eigenvalue weighted by atomic mass is 10.1. The molecule has 4 nitrogen and oxygen atoms in total. The van der Waals surface area contributed by atoms with E-state index in [4.69, 9.17) is 4.74 Å². The number of hydrogen-bond acceptors (Lipinski definition) is 3. The maximum absolute atomic E-state index is 12.2. The van der Waals surface area contributed by atoms with Gasteiger partial charge >= 0.3 is 0 Å². The predicted octanol–water partition coefficient (Wildman–Crippen LogP) is 4.65.